The van der Waals surface area contributed by atoms with Gasteiger partial charge in [0.15, 0.2) is 11.4 Å². The van der Waals surface area contributed by atoms with Crippen molar-refractivity contribution in [2.45, 2.75) is 18.6 Å². The molecule has 9 heteroatoms. The molecule has 2 aromatic rings. The topological polar surface area (TPSA) is 63.1 Å². The Labute approximate surface area is 136 Å². The second kappa shape index (κ2) is 6.23. The number of amides is 1. The number of hydrogen-bond acceptors (Lipinski definition) is 4. The van der Waals surface area contributed by atoms with Crippen molar-refractivity contribution in [3.05, 3.63) is 41.7 Å². The second-order valence-corrected chi connectivity index (χ2v) is 5.59. The summed E-state index contributed by atoms with van der Waals surface area (Å²) in [6.07, 6.45) is -4.06. The number of alkyl halides is 3. The van der Waals surface area contributed by atoms with Crippen LogP contribution < -0.4 is 5.32 Å². The number of likely N-dealkylation sites (N-methyl/N-ethyl adjacent to an activating group) is 1. The van der Waals surface area contributed by atoms with Crippen molar-refractivity contribution in [1.82, 2.24) is 25.2 Å². The van der Waals surface area contributed by atoms with E-state index < -0.39 is 23.5 Å². The number of carbonyl (C=O) groups is 1. The SMILES string of the molecule is CN(C(=O)c1nnn(-c2ccccc2)c1C(F)(F)F)[C@H]1CCNC1. The van der Waals surface area contributed by atoms with Crippen molar-refractivity contribution < 1.29 is 18.0 Å². The molecular formula is C15H16F3N5O. The lowest BCUT2D eigenvalue weighted by atomic mass is 10.2. The first-order valence-electron chi connectivity index (χ1n) is 7.46. The maximum Gasteiger partial charge on any atom is 0.435 e. The predicted molar refractivity (Wildman–Crippen MR) is 79.7 cm³/mol. The quantitative estimate of drug-likeness (QED) is 0.925. The Kier molecular flexibility index (Phi) is 4.27. The first-order chi connectivity index (χ1) is 11.4. The monoisotopic (exact) mass is 339 g/mol. The number of rotatable bonds is 3. The molecule has 1 N–H and O–H groups in total. The molecule has 0 unspecified atom stereocenters. The van der Waals surface area contributed by atoms with Gasteiger partial charge >= 0.3 is 6.18 Å². The van der Waals surface area contributed by atoms with E-state index in [1.165, 1.54) is 24.1 Å². The van der Waals surface area contributed by atoms with Gasteiger partial charge in [-0.2, -0.15) is 13.2 Å². The van der Waals surface area contributed by atoms with Crippen molar-refractivity contribution in [2.75, 3.05) is 20.1 Å². The van der Waals surface area contributed by atoms with E-state index in [-0.39, 0.29) is 11.7 Å². The third-order valence-corrected chi connectivity index (χ3v) is 4.04. The van der Waals surface area contributed by atoms with E-state index in [1.807, 2.05) is 0 Å². The van der Waals surface area contributed by atoms with Crippen LogP contribution in [0.4, 0.5) is 13.2 Å². The molecule has 1 atom stereocenters. The van der Waals surface area contributed by atoms with Crippen molar-refractivity contribution in [2.24, 2.45) is 0 Å². The molecule has 0 bridgehead atoms. The number of para-hydroxylation sites is 1. The molecule has 1 aromatic heterocycles. The van der Waals surface area contributed by atoms with Crippen molar-refractivity contribution >= 4 is 5.91 Å². The van der Waals surface area contributed by atoms with Crippen LogP contribution in [0.2, 0.25) is 0 Å². The Balaban J connectivity index is 2.02. The number of aromatic nitrogens is 3. The van der Waals surface area contributed by atoms with Crippen LogP contribution in [0.3, 0.4) is 0 Å². The standard InChI is InChI=1S/C15H16F3N5O/c1-22(11-7-8-19-9-11)14(24)12-13(15(16,17)18)23(21-20-12)10-5-3-2-4-6-10/h2-6,11,19H,7-9H2,1H3/t11-/m0/s1. The van der Waals surface area contributed by atoms with Gasteiger partial charge in [-0.25, -0.2) is 4.68 Å². The Morgan fingerprint density at radius 3 is 2.62 bits per heavy atom. The van der Waals surface area contributed by atoms with Gasteiger partial charge in [-0.15, -0.1) is 5.10 Å². The summed E-state index contributed by atoms with van der Waals surface area (Å²) in [5, 5.41) is 10.2. The number of hydrogen-bond donors (Lipinski definition) is 1. The zero-order chi connectivity index (χ0) is 17.3. The van der Waals surface area contributed by atoms with Crippen molar-refractivity contribution in [3.63, 3.8) is 0 Å². The van der Waals surface area contributed by atoms with Gasteiger partial charge in [0.2, 0.25) is 0 Å². The maximum absolute atomic E-state index is 13.5. The summed E-state index contributed by atoms with van der Waals surface area (Å²) in [4.78, 5) is 13.8. The predicted octanol–water partition coefficient (Wildman–Crippen LogP) is 1.72. The summed E-state index contributed by atoms with van der Waals surface area (Å²) >= 11 is 0. The smallest absolute Gasteiger partial charge is 0.336 e. The Morgan fingerprint density at radius 1 is 1.33 bits per heavy atom. The van der Waals surface area contributed by atoms with Crippen LogP contribution in [0.25, 0.3) is 5.69 Å². The molecule has 0 aliphatic carbocycles. The number of benzene rings is 1. The zero-order valence-corrected chi connectivity index (χ0v) is 12.9. The highest BCUT2D eigenvalue weighted by molar-refractivity contribution is 5.93. The van der Waals surface area contributed by atoms with Gasteiger partial charge in [-0.05, 0) is 25.1 Å². The number of carbonyl (C=O) groups excluding carboxylic acids is 1. The summed E-state index contributed by atoms with van der Waals surface area (Å²) in [6, 6.07) is 7.66. The molecule has 1 saturated heterocycles. The van der Waals surface area contributed by atoms with Gasteiger partial charge in [-0.1, -0.05) is 23.4 Å². The number of halogens is 3. The molecule has 1 aliphatic heterocycles. The van der Waals surface area contributed by atoms with Crippen LogP contribution in [0, 0.1) is 0 Å². The first kappa shape index (κ1) is 16.4. The van der Waals surface area contributed by atoms with Crippen LogP contribution in [-0.2, 0) is 6.18 Å². The van der Waals surface area contributed by atoms with Crippen LogP contribution in [0.5, 0.6) is 0 Å². The highest BCUT2D eigenvalue weighted by atomic mass is 19.4. The van der Waals surface area contributed by atoms with Crippen LogP contribution in [0.15, 0.2) is 30.3 Å². The van der Waals surface area contributed by atoms with E-state index in [9.17, 15) is 18.0 Å². The molecule has 6 nitrogen and oxygen atoms in total. The molecular weight excluding hydrogens is 323 g/mol. The van der Waals surface area contributed by atoms with Crippen LogP contribution in [-0.4, -0.2) is 52.0 Å². The summed E-state index contributed by atoms with van der Waals surface area (Å²) in [5.41, 5.74) is -1.64. The number of nitrogens with one attached hydrogen (secondary N) is 1. The van der Waals surface area contributed by atoms with E-state index >= 15 is 0 Å². The van der Waals surface area contributed by atoms with Gasteiger partial charge in [-0.3, -0.25) is 4.79 Å². The van der Waals surface area contributed by atoms with Gasteiger partial charge in [0, 0.05) is 19.6 Å². The largest absolute Gasteiger partial charge is 0.435 e. The molecule has 0 radical (unpaired) electrons. The molecule has 1 aromatic carbocycles. The lowest BCUT2D eigenvalue weighted by Crippen LogP contribution is -2.39. The summed E-state index contributed by atoms with van der Waals surface area (Å²) < 4.78 is 41.3. The Morgan fingerprint density at radius 2 is 2.04 bits per heavy atom. The van der Waals surface area contributed by atoms with Crippen molar-refractivity contribution in [1.29, 1.82) is 0 Å². The van der Waals surface area contributed by atoms with E-state index in [1.54, 1.807) is 18.2 Å². The van der Waals surface area contributed by atoms with E-state index in [2.05, 4.69) is 15.6 Å². The van der Waals surface area contributed by atoms with Gasteiger partial charge < -0.3 is 10.2 Å². The maximum atomic E-state index is 13.5. The van der Waals surface area contributed by atoms with Crippen molar-refractivity contribution in [3.8, 4) is 5.69 Å². The fourth-order valence-corrected chi connectivity index (χ4v) is 2.73. The third-order valence-electron chi connectivity index (χ3n) is 4.04. The molecule has 0 spiro atoms. The van der Waals surface area contributed by atoms with Gasteiger partial charge in [0.25, 0.3) is 5.91 Å². The minimum Gasteiger partial charge on any atom is -0.336 e. The van der Waals surface area contributed by atoms with Crippen LogP contribution in [0.1, 0.15) is 22.6 Å². The molecule has 128 valence electrons. The summed E-state index contributed by atoms with van der Waals surface area (Å²) in [5.74, 6) is -0.779. The molecule has 1 fully saturated rings. The summed E-state index contributed by atoms with van der Waals surface area (Å²) in [6.45, 7) is 1.28. The zero-order valence-electron chi connectivity index (χ0n) is 12.9. The minimum absolute atomic E-state index is 0.152. The highest BCUT2D eigenvalue weighted by Gasteiger charge is 2.43. The normalized spacial score (nSPS) is 17.9. The van der Waals surface area contributed by atoms with E-state index in [0.717, 1.165) is 6.54 Å². The van der Waals surface area contributed by atoms with Crippen LogP contribution >= 0.6 is 0 Å². The van der Waals surface area contributed by atoms with E-state index in [4.69, 9.17) is 0 Å². The highest BCUT2D eigenvalue weighted by Crippen LogP contribution is 2.33. The number of nitrogens with zero attached hydrogens (tertiary/aromatic N) is 4. The molecule has 0 saturated carbocycles. The molecule has 2 heterocycles. The molecule has 3 rings (SSSR count). The minimum atomic E-state index is -4.75. The van der Waals surface area contributed by atoms with E-state index in [0.29, 0.717) is 17.6 Å². The fourth-order valence-electron chi connectivity index (χ4n) is 2.73. The second-order valence-electron chi connectivity index (χ2n) is 5.59. The lowest BCUT2D eigenvalue weighted by Gasteiger charge is -2.23. The third kappa shape index (κ3) is 2.99. The lowest BCUT2D eigenvalue weighted by molar-refractivity contribution is -0.143. The molecule has 1 amide bonds. The average molecular weight is 339 g/mol. The summed E-state index contributed by atoms with van der Waals surface area (Å²) in [7, 11) is 1.49. The van der Waals surface area contributed by atoms with Gasteiger partial charge in [0.1, 0.15) is 0 Å². The Bertz CT molecular complexity index is 722. The van der Waals surface area contributed by atoms with Gasteiger partial charge in [0.05, 0.1) is 5.69 Å². The fraction of sp³-hybridized carbons (Fsp3) is 0.400. The average Bonchev–Trinajstić information content (AvgIpc) is 3.23. The first-order valence-corrected chi connectivity index (χ1v) is 7.46. The molecule has 1 aliphatic rings. The molecule has 24 heavy (non-hydrogen) atoms. The Hall–Kier alpha value is -2.42.